The molecule has 5 nitrogen and oxygen atoms in total. The lowest BCUT2D eigenvalue weighted by atomic mass is 10.1. The van der Waals surface area contributed by atoms with Crippen LogP contribution < -0.4 is 0 Å². The maximum absolute atomic E-state index is 12.1. The molecule has 1 saturated heterocycles. The third-order valence-electron chi connectivity index (χ3n) is 3.75. The van der Waals surface area contributed by atoms with E-state index in [0.29, 0.717) is 11.1 Å². The van der Waals surface area contributed by atoms with E-state index >= 15 is 0 Å². The van der Waals surface area contributed by atoms with Crippen LogP contribution in [0.2, 0.25) is 5.15 Å². The van der Waals surface area contributed by atoms with E-state index in [4.69, 9.17) is 16.3 Å². The smallest absolute Gasteiger partial charge is 0.410 e. The fourth-order valence-electron chi connectivity index (χ4n) is 2.79. The van der Waals surface area contributed by atoms with Gasteiger partial charge in [0.05, 0.1) is 0 Å². The summed E-state index contributed by atoms with van der Waals surface area (Å²) in [6, 6.07) is 3.80. The molecule has 23 heavy (non-hydrogen) atoms. The number of likely N-dealkylation sites (tertiary alicyclic amines) is 1. The van der Waals surface area contributed by atoms with E-state index in [-0.39, 0.29) is 6.09 Å². The molecular weight excluding hydrogens is 314 g/mol. The number of carbonyl (C=O) groups is 1. The summed E-state index contributed by atoms with van der Waals surface area (Å²) in [5.74, 6) is 0.479. The van der Waals surface area contributed by atoms with Crippen molar-refractivity contribution in [2.75, 3.05) is 26.7 Å². The number of hydrogen-bond donors (Lipinski definition) is 0. The number of halogens is 1. The minimum absolute atomic E-state index is 0.204. The Labute approximate surface area is 143 Å². The van der Waals surface area contributed by atoms with E-state index in [1.54, 1.807) is 6.20 Å². The number of hydrogen-bond acceptors (Lipinski definition) is 4. The Kier molecular flexibility index (Phi) is 5.87. The number of aromatic nitrogens is 1. The van der Waals surface area contributed by atoms with Crippen LogP contribution in [-0.4, -0.2) is 53.2 Å². The second-order valence-corrected chi connectivity index (χ2v) is 7.65. The maximum Gasteiger partial charge on any atom is 0.410 e. The molecule has 2 heterocycles. The number of nitrogens with zero attached hydrogens (tertiary/aromatic N) is 3. The highest BCUT2D eigenvalue weighted by molar-refractivity contribution is 6.29. The van der Waals surface area contributed by atoms with Crippen LogP contribution in [0, 0.1) is 5.92 Å². The van der Waals surface area contributed by atoms with Gasteiger partial charge in [0.25, 0.3) is 0 Å². The highest BCUT2D eigenvalue weighted by Gasteiger charge is 2.30. The summed E-state index contributed by atoms with van der Waals surface area (Å²) in [6.45, 7) is 8.99. The van der Waals surface area contributed by atoms with E-state index in [1.807, 2.05) is 37.8 Å². The van der Waals surface area contributed by atoms with Gasteiger partial charge in [-0.1, -0.05) is 17.7 Å². The molecule has 0 spiro atoms. The van der Waals surface area contributed by atoms with Gasteiger partial charge in [-0.15, -0.1) is 0 Å². The number of rotatable bonds is 4. The summed E-state index contributed by atoms with van der Waals surface area (Å²) in [6.07, 6.45) is 2.62. The standard InChI is InChI=1S/C17H26ClN3O2/c1-17(2,3)23-16(22)21-8-7-14(12-21)11-20(4)10-13-5-6-15(18)19-9-13/h5-6,9,14H,7-8,10-12H2,1-4H3/t14-/m1/s1. The molecule has 1 aliphatic heterocycles. The molecule has 0 bridgehead atoms. The van der Waals surface area contributed by atoms with Crippen LogP contribution >= 0.6 is 11.6 Å². The highest BCUT2D eigenvalue weighted by atomic mass is 35.5. The normalized spacial score (nSPS) is 18.5. The van der Waals surface area contributed by atoms with E-state index in [0.717, 1.165) is 38.2 Å². The first-order chi connectivity index (χ1) is 10.7. The predicted octanol–water partition coefficient (Wildman–Crippen LogP) is 3.42. The predicted molar refractivity (Wildman–Crippen MR) is 91.5 cm³/mol. The lowest BCUT2D eigenvalue weighted by Crippen LogP contribution is -2.36. The van der Waals surface area contributed by atoms with Crippen molar-refractivity contribution in [1.29, 1.82) is 0 Å². The van der Waals surface area contributed by atoms with Crippen LogP contribution in [0.3, 0.4) is 0 Å². The molecule has 1 aliphatic rings. The van der Waals surface area contributed by atoms with Gasteiger partial charge in [0.1, 0.15) is 10.8 Å². The van der Waals surface area contributed by atoms with Crippen molar-refractivity contribution in [3.05, 3.63) is 29.0 Å². The molecule has 6 heteroatoms. The molecule has 1 aromatic heterocycles. The summed E-state index contributed by atoms with van der Waals surface area (Å²) < 4.78 is 5.43. The first-order valence-corrected chi connectivity index (χ1v) is 8.37. The first-order valence-electron chi connectivity index (χ1n) is 8.00. The second kappa shape index (κ2) is 7.49. The average molecular weight is 340 g/mol. The largest absolute Gasteiger partial charge is 0.444 e. The molecule has 1 atom stereocenters. The van der Waals surface area contributed by atoms with Crippen molar-refractivity contribution in [3.8, 4) is 0 Å². The lowest BCUT2D eigenvalue weighted by Gasteiger charge is -2.25. The Hall–Kier alpha value is -1.33. The quantitative estimate of drug-likeness (QED) is 0.788. The van der Waals surface area contributed by atoms with Crippen molar-refractivity contribution >= 4 is 17.7 Å². The van der Waals surface area contributed by atoms with Gasteiger partial charge in [0, 0.05) is 32.4 Å². The third-order valence-corrected chi connectivity index (χ3v) is 3.97. The molecule has 1 amide bonds. The van der Waals surface area contributed by atoms with Gasteiger partial charge in [0.2, 0.25) is 0 Å². The van der Waals surface area contributed by atoms with Crippen molar-refractivity contribution < 1.29 is 9.53 Å². The molecule has 128 valence electrons. The molecule has 1 aromatic rings. The molecule has 0 radical (unpaired) electrons. The minimum Gasteiger partial charge on any atom is -0.444 e. The lowest BCUT2D eigenvalue weighted by molar-refractivity contribution is 0.0285. The zero-order valence-corrected chi connectivity index (χ0v) is 15.1. The summed E-state index contributed by atoms with van der Waals surface area (Å²) in [7, 11) is 2.09. The maximum atomic E-state index is 12.1. The first kappa shape index (κ1) is 18.0. The molecule has 0 aromatic carbocycles. The average Bonchev–Trinajstić information content (AvgIpc) is 2.88. The van der Waals surface area contributed by atoms with Crippen LogP contribution in [0.4, 0.5) is 4.79 Å². The van der Waals surface area contributed by atoms with E-state index in [1.165, 1.54) is 0 Å². The molecule has 0 unspecified atom stereocenters. The Bertz CT molecular complexity index is 528. The highest BCUT2D eigenvalue weighted by Crippen LogP contribution is 2.20. The van der Waals surface area contributed by atoms with Crippen molar-refractivity contribution in [2.24, 2.45) is 5.92 Å². The van der Waals surface area contributed by atoms with Crippen molar-refractivity contribution in [3.63, 3.8) is 0 Å². The van der Waals surface area contributed by atoms with E-state index in [2.05, 4.69) is 16.9 Å². The molecular formula is C17H26ClN3O2. The van der Waals surface area contributed by atoms with Gasteiger partial charge in [-0.05, 0) is 51.8 Å². The van der Waals surface area contributed by atoms with Gasteiger partial charge in [-0.25, -0.2) is 9.78 Å². The Balaban J connectivity index is 1.78. The van der Waals surface area contributed by atoms with E-state index < -0.39 is 5.60 Å². The zero-order valence-electron chi connectivity index (χ0n) is 14.4. The van der Waals surface area contributed by atoms with Gasteiger partial charge in [0.15, 0.2) is 0 Å². The molecule has 0 aliphatic carbocycles. The summed E-state index contributed by atoms with van der Waals surface area (Å²) in [4.78, 5) is 20.3. The summed E-state index contributed by atoms with van der Waals surface area (Å²) in [5.41, 5.74) is 0.701. The topological polar surface area (TPSA) is 45.7 Å². The Morgan fingerprint density at radius 3 is 2.83 bits per heavy atom. The third kappa shape index (κ3) is 5.99. The monoisotopic (exact) mass is 339 g/mol. The molecule has 2 rings (SSSR count). The van der Waals surface area contributed by atoms with Crippen LogP contribution in [-0.2, 0) is 11.3 Å². The number of ether oxygens (including phenoxy) is 1. The summed E-state index contributed by atoms with van der Waals surface area (Å²) in [5, 5.41) is 0.514. The second-order valence-electron chi connectivity index (χ2n) is 7.27. The minimum atomic E-state index is -0.437. The van der Waals surface area contributed by atoms with Crippen molar-refractivity contribution in [2.45, 2.75) is 39.3 Å². The Morgan fingerprint density at radius 1 is 1.48 bits per heavy atom. The van der Waals surface area contributed by atoms with Crippen LogP contribution in [0.1, 0.15) is 32.8 Å². The molecule has 1 fully saturated rings. The van der Waals surface area contributed by atoms with Crippen LogP contribution in [0.5, 0.6) is 0 Å². The fraction of sp³-hybridized carbons (Fsp3) is 0.647. The Morgan fingerprint density at radius 2 is 2.22 bits per heavy atom. The van der Waals surface area contributed by atoms with Gasteiger partial charge >= 0.3 is 6.09 Å². The number of carbonyl (C=O) groups excluding carboxylic acids is 1. The fourth-order valence-corrected chi connectivity index (χ4v) is 2.90. The number of amides is 1. The number of pyridine rings is 1. The zero-order chi connectivity index (χ0) is 17.0. The van der Waals surface area contributed by atoms with Gasteiger partial charge in [-0.3, -0.25) is 0 Å². The van der Waals surface area contributed by atoms with Gasteiger partial charge < -0.3 is 14.5 Å². The van der Waals surface area contributed by atoms with Crippen LogP contribution in [0.25, 0.3) is 0 Å². The van der Waals surface area contributed by atoms with Crippen LogP contribution in [0.15, 0.2) is 18.3 Å². The van der Waals surface area contributed by atoms with E-state index in [9.17, 15) is 4.79 Å². The van der Waals surface area contributed by atoms with Gasteiger partial charge in [-0.2, -0.15) is 0 Å². The SMILES string of the molecule is CN(Cc1ccc(Cl)nc1)C[C@H]1CCN(C(=O)OC(C)(C)C)C1. The molecule has 0 saturated carbocycles. The molecule has 0 N–H and O–H groups in total. The van der Waals surface area contributed by atoms with Crippen molar-refractivity contribution in [1.82, 2.24) is 14.8 Å². The summed E-state index contributed by atoms with van der Waals surface area (Å²) >= 11 is 5.80.